The van der Waals surface area contributed by atoms with E-state index in [0.717, 1.165) is 12.1 Å². The first kappa shape index (κ1) is 14.2. The van der Waals surface area contributed by atoms with Gasteiger partial charge in [0.1, 0.15) is 0 Å². The van der Waals surface area contributed by atoms with E-state index in [1.165, 1.54) is 5.56 Å². The molecule has 0 aliphatic rings. The maximum atomic E-state index is 10.9. The normalized spacial score (nSPS) is 16.0. The van der Waals surface area contributed by atoms with Crippen LogP contribution in [0.3, 0.4) is 0 Å². The standard InChI is InChI=1S/C15H25NO/c1-12-8-7-9-13(10-12)15(4,17)14(2,3)11-16(5)6/h7-10,17H,11H2,1-6H3. The molecule has 0 radical (unpaired) electrons. The van der Waals surface area contributed by atoms with Crippen LogP contribution in [0.4, 0.5) is 0 Å². The quantitative estimate of drug-likeness (QED) is 0.867. The molecule has 0 saturated heterocycles. The van der Waals surface area contributed by atoms with Crippen LogP contribution in [0, 0.1) is 12.3 Å². The Morgan fingerprint density at radius 1 is 1.18 bits per heavy atom. The lowest BCUT2D eigenvalue weighted by molar-refractivity contribution is -0.0676. The highest BCUT2D eigenvalue weighted by molar-refractivity contribution is 5.28. The molecule has 0 fully saturated rings. The van der Waals surface area contributed by atoms with E-state index in [2.05, 4.69) is 37.8 Å². The van der Waals surface area contributed by atoms with Crippen LogP contribution in [0.2, 0.25) is 0 Å². The molecule has 0 amide bonds. The van der Waals surface area contributed by atoms with Gasteiger partial charge in [0.25, 0.3) is 0 Å². The van der Waals surface area contributed by atoms with Crippen LogP contribution in [-0.2, 0) is 5.60 Å². The predicted octanol–water partition coefficient (Wildman–Crippen LogP) is 2.79. The Labute approximate surface area is 105 Å². The minimum atomic E-state index is -0.830. The molecule has 1 N–H and O–H groups in total. The maximum absolute atomic E-state index is 10.9. The summed E-state index contributed by atoms with van der Waals surface area (Å²) in [6, 6.07) is 8.13. The van der Waals surface area contributed by atoms with Crippen LogP contribution in [0.5, 0.6) is 0 Å². The van der Waals surface area contributed by atoms with Gasteiger partial charge in [-0.05, 0) is 33.5 Å². The SMILES string of the molecule is Cc1cccc(C(C)(O)C(C)(C)CN(C)C)c1. The topological polar surface area (TPSA) is 23.5 Å². The molecule has 0 heterocycles. The lowest BCUT2D eigenvalue weighted by Gasteiger charge is -2.42. The van der Waals surface area contributed by atoms with Crippen molar-refractivity contribution in [3.8, 4) is 0 Å². The van der Waals surface area contributed by atoms with Gasteiger partial charge in [-0.15, -0.1) is 0 Å². The second-order valence-corrected chi connectivity index (χ2v) is 6.06. The molecule has 0 spiro atoms. The highest BCUT2D eigenvalue weighted by Crippen LogP contribution is 2.39. The van der Waals surface area contributed by atoms with Gasteiger partial charge in [0, 0.05) is 12.0 Å². The van der Waals surface area contributed by atoms with Crippen molar-refractivity contribution in [1.29, 1.82) is 0 Å². The van der Waals surface area contributed by atoms with Crippen LogP contribution in [0.25, 0.3) is 0 Å². The third-order valence-electron chi connectivity index (χ3n) is 3.61. The van der Waals surface area contributed by atoms with E-state index in [1.807, 2.05) is 33.2 Å². The number of aryl methyl sites for hydroxylation is 1. The molecule has 0 aliphatic carbocycles. The van der Waals surface area contributed by atoms with Crippen LogP contribution in [0.1, 0.15) is 31.9 Å². The molecule has 1 aromatic rings. The van der Waals surface area contributed by atoms with Gasteiger partial charge in [-0.1, -0.05) is 43.7 Å². The fraction of sp³-hybridized carbons (Fsp3) is 0.600. The van der Waals surface area contributed by atoms with E-state index in [0.29, 0.717) is 0 Å². The Balaban J connectivity index is 3.09. The number of rotatable bonds is 4. The van der Waals surface area contributed by atoms with E-state index in [-0.39, 0.29) is 5.41 Å². The summed E-state index contributed by atoms with van der Waals surface area (Å²) in [5.41, 5.74) is 1.14. The Hall–Kier alpha value is -0.860. The van der Waals surface area contributed by atoms with Gasteiger partial charge < -0.3 is 10.0 Å². The fourth-order valence-electron chi connectivity index (χ4n) is 2.28. The molecule has 17 heavy (non-hydrogen) atoms. The minimum absolute atomic E-state index is 0.204. The Kier molecular flexibility index (Phi) is 4.00. The largest absolute Gasteiger partial charge is 0.385 e. The monoisotopic (exact) mass is 235 g/mol. The number of nitrogens with zero attached hydrogens (tertiary/aromatic N) is 1. The summed E-state index contributed by atoms with van der Waals surface area (Å²) < 4.78 is 0. The van der Waals surface area contributed by atoms with Crippen molar-refractivity contribution >= 4 is 0 Å². The van der Waals surface area contributed by atoms with Crippen molar-refractivity contribution in [2.75, 3.05) is 20.6 Å². The minimum Gasteiger partial charge on any atom is -0.385 e. The Bertz CT molecular complexity index is 380. The van der Waals surface area contributed by atoms with Gasteiger partial charge in [-0.3, -0.25) is 0 Å². The summed E-state index contributed by atoms with van der Waals surface area (Å²) in [5, 5.41) is 10.9. The highest BCUT2D eigenvalue weighted by atomic mass is 16.3. The van der Waals surface area contributed by atoms with Crippen molar-refractivity contribution in [2.45, 2.75) is 33.3 Å². The molecule has 96 valence electrons. The first-order valence-electron chi connectivity index (χ1n) is 6.11. The van der Waals surface area contributed by atoms with E-state index in [4.69, 9.17) is 0 Å². The van der Waals surface area contributed by atoms with Gasteiger partial charge in [-0.2, -0.15) is 0 Å². The molecule has 2 nitrogen and oxygen atoms in total. The molecule has 1 atom stereocenters. The van der Waals surface area contributed by atoms with Gasteiger partial charge >= 0.3 is 0 Å². The molecule has 1 rings (SSSR count). The molecule has 0 bridgehead atoms. The Morgan fingerprint density at radius 3 is 2.24 bits per heavy atom. The number of aliphatic hydroxyl groups is 1. The van der Waals surface area contributed by atoms with E-state index in [1.54, 1.807) is 0 Å². The smallest absolute Gasteiger partial charge is 0.0931 e. The van der Waals surface area contributed by atoms with Crippen LogP contribution < -0.4 is 0 Å². The average molecular weight is 235 g/mol. The summed E-state index contributed by atoms with van der Waals surface area (Å²) in [6.07, 6.45) is 0. The number of hydrogen-bond donors (Lipinski definition) is 1. The molecular weight excluding hydrogens is 210 g/mol. The van der Waals surface area contributed by atoms with Gasteiger partial charge in [0.15, 0.2) is 0 Å². The van der Waals surface area contributed by atoms with Crippen molar-refractivity contribution < 1.29 is 5.11 Å². The zero-order valence-electron chi connectivity index (χ0n) is 11.9. The van der Waals surface area contributed by atoms with Gasteiger partial charge in [0.05, 0.1) is 5.60 Å². The van der Waals surface area contributed by atoms with Crippen LogP contribution in [-0.4, -0.2) is 30.6 Å². The average Bonchev–Trinajstić information content (AvgIpc) is 2.15. The third kappa shape index (κ3) is 3.08. The molecule has 0 aliphatic heterocycles. The summed E-state index contributed by atoms with van der Waals surface area (Å²) in [7, 11) is 4.07. The van der Waals surface area contributed by atoms with E-state index in [9.17, 15) is 5.11 Å². The van der Waals surface area contributed by atoms with Crippen molar-refractivity contribution in [1.82, 2.24) is 4.90 Å². The van der Waals surface area contributed by atoms with Crippen molar-refractivity contribution in [3.05, 3.63) is 35.4 Å². The summed E-state index contributed by atoms with van der Waals surface area (Å²) >= 11 is 0. The fourth-order valence-corrected chi connectivity index (χ4v) is 2.28. The third-order valence-corrected chi connectivity index (χ3v) is 3.61. The molecule has 0 saturated carbocycles. The zero-order valence-corrected chi connectivity index (χ0v) is 11.9. The van der Waals surface area contributed by atoms with E-state index < -0.39 is 5.60 Å². The second kappa shape index (κ2) is 4.79. The number of benzene rings is 1. The summed E-state index contributed by atoms with van der Waals surface area (Å²) in [4.78, 5) is 2.12. The Morgan fingerprint density at radius 2 is 1.76 bits per heavy atom. The molecule has 2 heteroatoms. The van der Waals surface area contributed by atoms with Gasteiger partial charge in [0.2, 0.25) is 0 Å². The predicted molar refractivity (Wildman–Crippen MR) is 73.1 cm³/mol. The lowest BCUT2D eigenvalue weighted by atomic mass is 9.71. The van der Waals surface area contributed by atoms with Crippen LogP contribution >= 0.6 is 0 Å². The van der Waals surface area contributed by atoms with E-state index >= 15 is 0 Å². The molecule has 1 unspecified atom stereocenters. The molecule has 0 aromatic heterocycles. The first-order valence-corrected chi connectivity index (χ1v) is 6.11. The molecule has 1 aromatic carbocycles. The van der Waals surface area contributed by atoms with Crippen molar-refractivity contribution in [3.63, 3.8) is 0 Å². The lowest BCUT2D eigenvalue weighted by Crippen LogP contribution is -2.45. The first-order chi connectivity index (χ1) is 7.67. The van der Waals surface area contributed by atoms with Crippen molar-refractivity contribution in [2.24, 2.45) is 5.41 Å². The second-order valence-electron chi connectivity index (χ2n) is 6.06. The molecular formula is C15H25NO. The summed E-state index contributed by atoms with van der Waals surface area (Å²) in [6.45, 7) is 9.02. The van der Waals surface area contributed by atoms with Crippen LogP contribution in [0.15, 0.2) is 24.3 Å². The maximum Gasteiger partial charge on any atom is 0.0931 e. The highest BCUT2D eigenvalue weighted by Gasteiger charge is 2.40. The van der Waals surface area contributed by atoms with Gasteiger partial charge in [-0.25, -0.2) is 0 Å². The number of hydrogen-bond acceptors (Lipinski definition) is 2. The summed E-state index contributed by atoms with van der Waals surface area (Å²) in [5.74, 6) is 0. The zero-order chi connectivity index (χ0) is 13.3.